The molecule has 0 radical (unpaired) electrons. The van der Waals surface area contributed by atoms with Crippen molar-refractivity contribution in [2.24, 2.45) is 0 Å². The van der Waals surface area contributed by atoms with Crippen LogP contribution in [-0.2, 0) is 4.74 Å². The number of H-pyrrole nitrogens is 1. The highest BCUT2D eigenvalue weighted by molar-refractivity contribution is 5.98. The van der Waals surface area contributed by atoms with E-state index in [1.807, 2.05) is 19.1 Å². The van der Waals surface area contributed by atoms with Gasteiger partial charge in [0.1, 0.15) is 11.6 Å². The van der Waals surface area contributed by atoms with E-state index in [2.05, 4.69) is 31.1 Å². The van der Waals surface area contributed by atoms with Gasteiger partial charge in [-0.15, -0.1) is 24.8 Å². The van der Waals surface area contributed by atoms with Crippen LogP contribution in [0.1, 0.15) is 41.7 Å². The summed E-state index contributed by atoms with van der Waals surface area (Å²) in [6.07, 6.45) is 6.10. The summed E-state index contributed by atoms with van der Waals surface area (Å²) in [6.45, 7) is 1.94. The number of rotatable bonds is 5. The monoisotopic (exact) mass is 479 g/mol. The first-order chi connectivity index (χ1) is 14.6. The number of hydrogen-bond acceptors (Lipinski definition) is 8. The van der Waals surface area contributed by atoms with Gasteiger partial charge in [0.15, 0.2) is 5.82 Å². The minimum Gasteiger partial charge on any atom is -0.465 e. The molecule has 2 aliphatic rings. The number of carbonyl (C=O) groups is 1. The average Bonchev–Trinajstić information content (AvgIpc) is 3.31. The van der Waals surface area contributed by atoms with Crippen LogP contribution in [0.15, 0.2) is 24.4 Å². The Hall–Kier alpha value is -2.62. The fraction of sp³-hybridized carbons (Fsp3) is 0.429. The van der Waals surface area contributed by atoms with E-state index in [1.54, 1.807) is 6.07 Å². The Bertz CT molecular complexity index is 1090. The van der Waals surface area contributed by atoms with Crippen LogP contribution >= 0.6 is 24.8 Å². The third-order valence-corrected chi connectivity index (χ3v) is 5.88. The van der Waals surface area contributed by atoms with Crippen LogP contribution in [0.2, 0.25) is 0 Å². The number of pyridine rings is 2. The number of piperidine rings is 1. The zero-order valence-electron chi connectivity index (χ0n) is 17.8. The van der Waals surface area contributed by atoms with E-state index in [0.29, 0.717) is 41.1 Å². The summed E-state index contributed by atoms with van der Waals surface area (Å²) in [5.41, 5.74) is 2.11. The predicted molar refractivity (Wildman–Crippen MR) is 129 cm³/mol. The molecule has 0 spiro atoms. The van der Waals surface area contributed by atoms with Gasteiger partial charge in [0.2, 0.25) is 0 Å². The number of aryl methyl sites for hydroxylation is 1. The first-order valence-electron chi connectivity index (χ1n) is 10.3. The molecule has 11 heteroatoms. The van der Waals surface area contributed by atoms with Gasteiger partial charge in [0.25, 0.3) is 0 Å². The Kier molecular flexibility index (Phi) is 7.43. The van der Waals surface area contributed by atoms with Crippen LogP contribution in [0.4, 0.5) is 17.5 Å². The third-order valence-electron chi connectivity index (χ3n) is 5.88. The van der Waals surface area contributed by atoms with Crippen LogP contribution in [0, 0.1) is 6.92 Å². The van der Waals surface area contributed by atoms with Crippen LogP contribution in [0.25, 0.3) is 10.9 Å². The van der Waals surface area contributed by atoms with Crippen molar-refractivity contribution in [2.75, 3.05) is 17.7 Å². The van der Waals surface area contributed by atoms with Gasteiger partial charge < -0.3 is 20.7 Å². The number of anilines is 3. The van der Waals surface area contributed by atoms with E-state index >= 15 is 0 Å². The molecule has 2 saturated heterocycles. The normalized spacial score (nSPS) is 21.4. The summed E-state index contributed by atoms with van der Waals surface area (Å²) in [5.74, 6) is 1.64. The fourth-order valence-electron chi connectivity index (χ4n) is 4.51. The van der Waals surface area contributed by atoms with Crippen molar-refractivity contribution >= 4 is 59.1 Å². The van der Waals surface area contributed by atoms with Crippen molar-refractivity contribution in [3.8, 4) is 0 Å². The molecule has 3 aromatic rings. The maximum absolute atomic E-state index is 12.0. The molecule has 2 bridgehead atoms. The van der Waals surface area contributed by atoms with E-state index < -0.39 is 5.97 Å². The molecule has 3 atom stereocenters. The molecular weight excluding hydrogens is 453 g/mol. The van der Waals surface area contributed by atoms with Gasteiger partial charge in [-0.3, -0.25) is 10.1 Å². The molecule has 2 aliphatic heterocycles. The second kappa shape index (κ2) is 9.89. The van der Waals surface area contributed by atoms with Crippen molar-refractivity contribution < 1.29 is 9.53 Å². The van der Waals surface area contributed by atoms with Gasteiger partial charge in [0, 0.05) is 47.5 Å². The smallest absolute Gasteiger partial charge is 0.339 e. The first-order valence-corrected chi connectivity index (χ1v) is 10.3. The minimum absolute atomic E-state index is 0. The zero-order chi connectivity index (χ0) is 20.7. The molecule has 0 saturated carbocycles. The summed E-state index contributed by atoms with van der Waals surface area (Å²) in [4.78, 5) is 21.3. The Morgan fingerprint density at radius 1 is 1.12 bits per heavy atom. The number of aromatic amines is 1. The number of esters is 1. The largest absolute Gasteiger partial charge is 0.465 e. The molecule has 5 rings (SSSR count). The van der Waals surface area contributed by atoms with Gasteiger partial charge in [-0.25, -0.2) is 9.78 Å². The van der Waals surface area contributed by atoms with E-state index in [9.17, 15) is 4.79 Å². The van der Waals surface area contributed by atoms with Gasteiger partial charge >= 0.3 is 5.97 Å². The topological polar surface area (TPSA) is 117 Å². The summed E-state index contributed by atoms with van der Waals surface area (Å²) in [7, 11) is 1.37. The van der Waals surface area contributed by atoms with E-state index in [0.717, 1.165) is 29.4 Å². The van der Waals surface area contributed by atoms with Crippen molar-refractivity contribution in [3.05, 3.63) is 35.7 Å². The maximum Gasteiger partial charge on any atom is 0.339 e. The number of ether oxygens (including phenoxy) is 1. The minimum atomic E-state index is -0.413. The molecule has 1 unspecified atom stereocenters. The van der Waals surface area contributed by atoms with Gasteiger partial charge in [-0.05, 0) is 38.7 Å². The van der Waals surface area contributed by atoms with Crippen LogP contribution in [0.3, 0.4) is 0 Å². The molecule has 0 aliphatic carbocycles. The highest BCUT2D eigenvalue weighted by atomic mass is 35.5. The van der Waals surface area contributed by atoms with Crippen molar-refractivity contribution in [1.82, 2.24) is 25.5 Å². The van der Waals surface area contributed by atoms with Gasteiger partial charge in [-0.1, -0.05) is 0 Å². The molecule has 32 heavy (non-hydrogen) atoms. The first kappa shape index (κ1) is 24.0. The number of hydrogen-bond donors (Lipinski definition) is 4. The highest BCUT2D eigenvalue weighted by Gasteiger charge is 2.33. The predicted octanol–water partition coefficient (Wildman–Crippen LogP) is 3.73. The molecular formula is C21H27Cl2N7O2. The molecule has 9 nitrogen and oxygen atoms in total. The van der Waals surface area contributed by atoms with Crippen LogP contribution in [0.5, 0.6) is 0 Å². The number of nitrogens with one attached hydrogen (secondary N) is 4. The lowest BCUT2D eigenvalue weighted by Gasteiger charge is -2.30. The lowest BCUT2D eigenvalue weighted by Crippen LogP contribution is -2.43. The molecule has 0 aromatic carbocycles. The lowest BCUT2D eigenvalue weighted by atomic mass is 9.99. The molecule has 2 fully saturated rings. The summed E-state index contributed by atoms with van der Waals surface area (Å²) >= 11 is 0. The maximum atomic E-state index is 12.0. The number of aromatic nitrogens is 4. The Balaban J connectivity index is 0.00000144. The number of fused-ring (bicyclic) bond motifs is 3. The molecule has 172 valence electrons. The highest BCUT2D eigenvalue weighted by Crippen LogP contribution is 2.31. The summed E-state index contributed by atoms with van der Waals surface area (Å²) < 4.78 is 4.86. The SMILES string of the molecule is COC(=O)c1cnc2cc(Nc3cc(C)[nH]n3)nc(NC3C[C@H]4CC[C@@H](C3)N4)c2c1.Cl.Cl. The summed E-state index contributed by atoms with van der Waals surface area (Å²) in [5, 5.41) is 18.5. The number of methoxy groups -OCH3 is 1. The second-order valence-corrected chi connectivity index (χ2v) is 8.15. The zero-order valence-corrected chi connectivity index (χ0v) is 19.5. The molecule has 5 heterocycles. The fourth-order valence-corrected chi connectivity index (χ4v) is 4.51. The Morgan fingerprint density at radius 2 is 1.88 bits per heavy atom. The number of carbonyl (C=O) groups excluding carboxylic acids is 1. The van der Waals surface area contributed by atoms with Crippen LogP contribution < -0.4 is 16.0 Å². The lowest BCUT2D eigenvalue weighted by molar-refractivity contribution is 0.0600. The number of nitrogens with zero attached hydrogens (tertiary/aromatic N) is 3. The molecule has 3 aromatic heterocycles. The molecule has 4 N–H and O–H groups in total. The third kappa shape index (κ3) is 4.90. The standard InChI is InChI=1S/C21H25N7O2.2ClH/c1-11-5-19(28-27-11)25-18-9-17-16(6-12(10-22-17)21(29)30-2)20(26-18)24-15-7-13-3-4-14(8-15)23-13;;/h5-6,9-10,13-15,23H,3-4,7-8H2,1-2H3,(H3,24,25,26,27,28);2*1H/t13-,14+,15?;;. The molecule has 0 amide bonds. The van der Waals surface area contributed by atoms with Gasteiger partial charge in [-0.2, -0.15) is 5.10 Å². The Morgan fingerprint density at radius 3 is 2.53 bits per heavy atom. The van der Waals surface area contributed by atoms with Gasteiger partial charge in [0.05, 0.1) is 18.2 Å². The quantitative estimate of drug-likeness (QED) is 0.409. The average molecular weight is 480 g/mol. The van der Waals surface area contributed by atoms with Crippen molar-refractivity contribution in [1.29, 1.82) is 0 Å². The Labute approximate surface area is 198 Å². The van der Waals surface area contributed by atoms with Crippen molar-refractivity contribution in [2.45, 2.75) is 50.7 Å². The summed E-state index contributed by atoms with van der Waals surface area (Å²) in [6, 6.07) is 7.01. The van der Waals surface area contributed by atoms with E-state index in [4.69, 9.17) is 9.72 Å². The number of halogens is 2. The van der Waals surface area contributed by atoms with Crippen LogP contribution in [-0.4, -0.2) is 51.4 Å². The second-order valence-electron chi connectivity index (χ2n) is 8.15. The van der Waals surface area contributed by atoms with E-state index in [1.165, 1.54) is 26.1 Å². The van der Waals surface area contributed by atoms with E-state index in [-0.39, 0.29) is 24.8 Å². The van der Waals surface area contributed by atoms with Crippen molar-refractivity contribution in [3.63, 3.8) is 0 Å².